The van der Waals surface area contributed by atoms with E-state index in [0.29, 0.717) is 29.5 Å². The van der Waals surface area contributed by atoms with E-state index >= 15 is 0 Å². The Hall–Kier alpha value is -2.94. The Morgan fingerprint density at radius 3 is 2.25 bits per heavy atom. The van der Waals surface area contributed by atoms with Gasteiger partial charge >= 0.3 is 27.2 Å². The minimum absolute atomic E-state index is 0. The van der Waals surface area contributed by atoms with Gasteiger partial charge in [0.1, 0.15) is 5.82 Å². The van der Waals surface area contributed by atoms with Crippen molar-refractivity contribution in [1.29, 1.82) is 0 Å². The first-order valence-corrected chi connectivity index (χ1v) is 9.32. The van der Waals surface area contributed by atoms with Gasteiger partial charge in [0.25, 0.3) is 0 Å². The van der Waals surface area contributed by atoms with Crippen LogP contribution in [0.1, 0.15) is 43.8 Å². The Kier molecular flexibility index (Phi) is 6.59. The molecule has 0 amide bonds. The number of alkyl halides is 3. The molecule has 0 aliphatic carbocycles. The van der Waals surface area contributed by atoms with Gasteiger partial charge in [-0.15, -0.1) is 0 Å². The van der Waals surface area contributed by atoms with E-state index in [0.717, 1.165) is 0 Å². The molecule has 0 aliphatic rings. The van der Waals surface area contributed by atoms with Gasteiger partial charge < -0.3 is 19.7 Å². The summed E-state index contributed by atoms with van der Waals surface area (Å²) in [7, 11) is 0. The Morgan fingerprint density at radius 2 is 1.62 bits per heavy atom. The van der Waals surface area contributed by atoms with Crippen molar-refractivity contribution < 1.29 is 34.2 Å². The van der Waals surface area contributed by atoms with Gasteiger partial charge in [-0.05, 0) is 29.4 Å². The van der Waals surface area contributed by atoms with E-state index in [1.165, 1.54) is 10.7 Å². The first kappa shape index (κ1) is 23.7. The van der Waals surface area contributed by atoms with E-state index in [9.17, 15) is 13.2 Å². The average Bonchev–Trinajstić information content (AvgIpc) is 3.38. The first-order valence-electron chi connectivity index (χ1n) is 9.32. The Balaban J connectivity index is 0.00000289. The third kappa shape index (κ3) is 5.27. The first-order chi connectivity index (χ1) is 14.6. The third-order valence-electron chi connectivity index (χ3n) is 4.23. The number of nitrogens with zero attached hydrogens (tertiary/aromatic N) is 8. The second kappa shape index (κ2) is 8.89. The topological polar surface area (TPSA) is 96.4 Å². The molecule has 0 aromatic carbocycles. The fourth-order valence-electron chi connectivity index (χ4n) is 2.69. The smallest absolute Gasteiger partial charge is 0.413 e. The van der Waals surface area contributed by atoms with E-state index in [4.69, 9.17) is 0 Å². The van der Waals surface area contributed by atoms with Crippen LogP contribution in [0.5, 0.6) is 0 Å². The maximum atomic E-state index is 12.7. The Labute approximate surface area is 196 Å². The van der Waals surface area contributed by atoms with Crippen molar-refractivity contribution in [2.24, 2.45) is 0 Å². The molecule has 32 heavy (non-hydrogen) atoms. The van der Waals surface area contributed by atoms with Crippen molar-refractivity contribution in [3.8, 4) is 17.3 Å². The SMILES string of the molecule is CC(C)(C)c1n[c-]n(-c2cccc(Cc3cccc(-c4nc(C(F)(F)F)n[n-]4)n3)n2)n1.[Pt+2]. The largest absolute Gasteiger partial charge is 2.00 e. The van der Waals surface area contributed by atoms with Crippen LogP contribution in [-0.2, 0) is 39.1 Å². The van der Waals surface area contributed by atoms with Crippen LogP contribution in [0.2, 0.25) is 0 Å². The van der Waals surface area contributed by atoms with Crippen LogP contribution in [0.15, 0.2) is 36.4 Å². The molecule has 0 atom stereocenters. The van der Waals surface area contributed by atoms with Gasteiger partial charge in [-0.1, -0.05) is 39.0 Å². The number of rotatable bonds is 4. The molecular weight excluding hydrogens is 604 g/mol. The summed E-state index contributed by atoms with van der Waals surface area (Å²) in [5.74, 6) is -0.267. The zero-order chi connectivity index (χ0) is 22.2. The van der Waals surface area contributed by atoms with Crippen molar-refractivity contribution in [3.05, 3.63) is 65.8 Å². The minimum atomic E-state index is -4.65. The summed E-state index contributed by atoms with van der Waals surface area (Å²) in [6, 6.07) is 10.4. The van der Waals surface area contributed by atoms with E-state index in [1.54, 1.807) is 18.2 Å². The minimum Gasteiger partial charge on any atom is -0.413 e. The maximum absolute atomic E-state index is 12.7. The molecule has 4 aromatic rings. The molecule has 0 aliphatic heterocycles. The fraction of sp³-hybridized carbons (Fsp3) is 0.300. The summed E-state index contributed by atoms with van der Waals surface area (Å²) >= 11 is 0. The summed E-state index contributed by atoms with van der Waals surface area (Å²) < 4.78 is 39.6. The van der Waals surface area contributed by atoms with Gasteiger partial charge in [0.2, 0.25) is 0 Å². The standard InChI is InChI=1S/C20H17F3N8.Pt/c1-19(2,3)17-24-11-31(30-17)15-9-5-7-13(26-15)10-12-6-4-8-14(25-12)16-27-18(29-28-16)20(21,22)23;/h4-9H,10H2,1-3H3;/q-2;+2. The van der Waals surface area contributed by atoms with Gasteiger partial charge in [0.15, 0.2) is 0 Å². The molecule has 12 heteroatoms. The normalized spacial score (nSPS) is 11.9. The van der Waals surface area contributed by atoms with Gasteiger partial charge in [0, 0.05) is 24.1 Å². The Morgan fingerprint density at radius 1 is 0.938 bits per heavy atom. The summed E-state index contributed by atoms with van der Waals surface area (Å²) in [5, 5.41) is 11.0. The predicted molar refractivity (Wildman–Crippen MR) is 103 cm³/mol. The van der Waals surface area contributed by atoms with Crippen molar-refractivity contribution in [2.45, 2.75) is 38.8 Å². The number of aromatic nitrogens is 8. The van der Waals surface area contributed by atoms with Crippen molar-refractivity contribution >= 4 is 0 Å². The van der Waals surface area contributed by atoms with Crippen LogP contribution in [0.4, 0.5) is 13.2 Å². The molecule has 4 rings (SSSR count). The molecule has 0 fully saturated rings. The van der Waals surface area contributed by atoms with Crippen molar-refractivity contribution in [1.82, 2.24) is 39.9 Å². The number of hydrogen-bond donors (Lipinski definition) is 0. The Bertz CT molecular complexity index is 1120. The van der Waals surface area contributed by atoms with Crippen LogP contribution < -0.4 is 5.10 Å². The summed E-state index contributed by atoms with van der Waals surface area (Å²) in [4.78, 5) is 16.6. The van der Waals surface area contributed by atoms with Gasteiger partial charge in [0.05, 0.1) is 17.3 Å². The molecule has 0 N–H and O–H groups in total. The monoisotopic (exact) mass is 621 g/mol. The second-order valence-corrected chi connectivity index (χ2v) is 7.83. The third-order valence-corrected chi connectivity index (χ3v) is 4.23. The number of pyridine rings is 2. The molecule has 0 unspecified atom stereocenters. The second-order valence-electron chi connectivity index (χ2n) is 7.83. The predicted octanol–water partition coefficient (Wildman–Crippen LogP) is 3.18. The molecule has 0 bridgehead atoms. The van der Waals surface area contributed by atoms with E-state index in [2.05, 4.69) is 41.6 Å². The molecule has 0 saturated carbocycles. The van der Waals surface area contributed by atoms with Crippen LogP contribution in [0.25, 0.3) is 17.3 Å². The van der Waals surface area contributed by atoms with Crippen LogP contribution >= 0.6 is 0 Å². The van der Waals surface area contributed by atoms with E-state index < -0.39 is 12.0 Å². The van der Waals surface area contributed by atoms with Crippen molar-refractivity contribution in [2.75, 3.05) is 0 Å². The van der Waals surface area contributed by atoms with Crippen LogP contribution in [-0.4, -0.2) is 34.8 Å². The zero-order valence-electron chi connectivity index (χ0n) is 17.2. The average molecular weight is 621 g/mol. The molecule has 168 valence electrons. The van der Waals surface area contributed by atoms with Gasteiger partial charge in [-0.2, -0.15) is 13.2 Å². The molecule has 4 aromatic heterocycles. The molecular formula is C20H17F3N8Pt. The fourth-order valence-corrected chi connectivity index (χ4v) is 2.69. The van der Waals surface area contributed by atoms with E-state index in [-0.39, 0.29) is 38.0 Å². The summed E-state index contributed by atoms with van der Waals surface area (Å²) in [6.07, 6.45) is -1.48. The summed E-state index contributed by atoms with van der Waals surface area (Å²) in [5.41, 5.74) is 1.28. The van der Waals surface area contributed by atoms with Gasteiger partial charge in [-0.25, -0.2) is 5.10 Å². The number of hydrogen-bond acceptors (Lipinski definition) is 6. The van der Waals surface area contributed by atoms with Crippen molar-refractivity contribution in [3.63, 3.8) is 0 Å². The number of halogens is 3. The van der Waals surface area contributed by atoms with Gasteiger partial charge in [-0.3, -0.25) is 15.1 Å². The molecule has 8 nitrogen and oxygen atoms in total. The molecule has 0 radical (unpaired) electrons. The van der Waals surface area contributed by atoms with E-state index in [1.807, 2.05) is 32.9 Å². The van der Waals surface area contributed by atoms with Crippen LogP contribution in [0.3, 0.4) is 0 Å². The maximum Gasteiger partial charge on any atom is 2.00 e. The van der Waals surface area contributed by atoms with Crippen LogP contribution in [0, 0.1) is 6.33 Å². The molecule has 4 heterocycles. The summed E-state index contributed by atoms with van der Waals surface area (Å²) in [6.45, 7) is 6.02. The quantitative estimate of drug-likeness (QED) is 0.323. The molecule has 0 spiro atoms. The zero-order valence-corrected chi connectivity index (χ0v) is 19.5. The molecule has 0 saturated heterocycles.